The van der Waals surface area contributed by atoms with Crippen molar-refractivity contribution in [2.75, 3.05) is 0 Å². The van der Waals surface area contributed by atoms with Crippen LogP contribution in [0.2, 0.25) is 0 Å². The lowest BCUT2D eigenvalue weighted by atomic mass is 9.99. The second kappa shape index (κ2) is 5.84. The Kier molecular flexibility index (Phi) is 4.18. The average Bonchev–Trinajstić information content (AvgIpc) is 2.58. The number of rotatable bonds is 3. The third-order valence-electron chi connectivity index (χ3n) is 3.61. The number of aromatic amines is 1. The Morgan fingerprint density at radius 1 is 1.41 bits per heavy atom. The van der Waals surface area contributed by atoms with E-state index in [2.05, 4.69) is 15.5 Å². The van der Waals surface area contributed by atoms with Gasteiger partial charge in [0, 0.05) is 23.7 Å². The molecule has 4 nitrogen and oxygen atoms in total. The summed E-state index contributed by atoms with van der Waals surface area (Å²) in [6.07, 6.45) is 8.84. The molecule has 4 heteroatoms. The second-order valence-electron chi connectivity index (χ2n) is 4.93. The minimum atomic E-state index is 0.215. The van der Waals surface area contributed by atoms with E-state index in [-0.39, 0.29) is 11.8 Å². The van der Waals surface area contributed by atoms with E-state index >= 15 is 0 Å². The Morgan fingerprint density at radius 3 is 2.71 bits per heavy atom. The Hall–Kier alpha value is -1.32. The molecule has 0 radical (unpaired) electrons. The largest absolute Gasteiger partial charge is 0.352 e. The standard InChI is InChI=1S/C13H21N3O/c1-10-12(9-15-16-10)8-14-13(17)11-6-4-2-3-5-7-11/h9,11H,2-8H2,1H3,(H,14,17)(H,15,16). The fraction of sp³-hybridized carbons (Fsp3) is 0.692. The van der Waals surface area contributed by atoms with E-state index in [1.54, 1.807) is 6.20 Å². The summed E-state index contributed by atoms with van der Waals surface area (Å²) < 4.78 is 0. The van der Waals surface area contributed by atoms with Crippen LogP contribution in [-0.2, 0) is 11.3 Å². The zero-order chi connectivity index (χ0) is 12.1. The van der Waals surface area contributed by atoms with Crippen LogP contribution in [0.4, 0.5) is 0 Å². The fourth-order valence-electron chi connectivity index (χ4n) is 2.42. The zero-order valence-corrected chi connectivity index (χ0v) is 10.5. The van der Waals surface area contributed by atoms with Gasteiger partial charge in [0.25, 0.3) is 0 Å². The molecule has 0 unspecified atom stereocenters. The molecule has 0 aliphatic heterocycles. The normalized spacial score (nSPS) is 17.7. The molecule has 1 heterocycles. The van der Waals surface area contributed by atoms with Gasteiger partial charge in [-0.2, -0.15) is 5.10 Å². The summed E-state index contributed by atoms with van der Waals surface area (Å²) >= 11 is 0. The second-order valence-corrected chi connectivity index (χ2v) is 4.93. The molecular formula is C13H21N3O. The highest BCUT2D eigenvalue weighted by atomic mass is 16.1. The van der Waals surface area contributed by atoms with Crippen molar-refractivity contribution in [2.45, 2.75) is 52.0 Å². The lowest BCUT2D eigenvalue weighted by molar-refractivity contribution is -0.125. The lowest BCUT2D eigenvalue weighted by Crippen LogP contribution is -2.30. The van der Waals surface area contributed by atoms with Crippen molar-refractivity contribution in [3.8, 4) is 0 Å². The van der Waals surface area contributed by atoms with Crippen LogP contribution in [-0.4, -0.2) is 16.1 Å². The minimum Gasteiger partial charge on any atom is -0.352 e. The van der Waals surface area contributed by atoms with Gasteiger partial charge in [0.2, 0.25) is 5.91 Å². The number of amides is 1. The molecule has 1 amide bonds. The van der Waals surface area contributed by atoms with Gasteiger partial charge in [-0.3, -0.25) is 9.89 Å². The minimum absolute atomic E-state index is 0.215. The first kappa shape index (κ1) is 12.1. The molecule has 2 rings (SSSR count). The summed E-state index contributed by atoms with van der Waals surface area (Å²) in [4.78, 5) is 12.0. The van der Waals surface area contributed by atoms with Crippen molar-refractivity contribution < 1.29 is 4.79 Å². The van der Waals surface area contributed by atoms with Gasteiger partial charge in [0.05, 0.1) is 6.20 Å². The van der Waals surface area contributed by atoms with E-state index in [0.717, 1.165) is 24.1 Å². The smallest absolute Gasteiger partial charge is 0.223 e. The molecule has 0 atom stereocenters. The molecule has 2 N–H and O–H groups in total. The maximum atomic E-state index is 12.0. The van der Waals surface area contributed by atoms with Crippen LogP contribution < -0.4 is 5.32 Å². The van der Waals surface area contributed by atoms with Crippen molar-refractivity contribution in [2.24, 2.45) is 5.92 Å². The summed E-state index contributed by atoms with van der Waals surface area (Å²) in [6.45, 7) is 2.57. The third kappa shape index (κ3) is 3.32. The molecule has 1 aliphatic carbocycles. The molecule has 0 bridgehead atoms. The highest BCUT2D eigenvalue weighted by molar-refractivity contribution is 5.78. The van der Waals surface area contributed by atoms with Crippen molar-refractivity contribution in [3.63, 3.8) is 0 Å². The van der Waals surface area contributed by atoms with E-state index < -0.39 is 0 Å². The molecule has 0 aromatic carbocycles. The Balaban J connectivity index is 1.82. The van der Waals surface area contributed by atoms with E-state index in [1.807, 2.05) is 6.92 Å². The van der Waals surface area contributed by atoms with Gasteiger partial charge in [-0.05, 0) is 19.8 Å². The summed E-state index contributed by atoms with van der Waals surface area (Å²) in [5.41, 5.74) is 2.11. The van der Waals surface area contributed by atoms with Crippen molar-refractivity contribution in [1.82, 2.24) is 15.5 Å². The van der Waals surface area contributed by atoms with Gasteiger partial charge < -0.3 is 5.32 Å². The van der Waals surface area contributed by atoms with E-state index in [0.29, 0.717) is 6.54 Å². The zero-order valence-electron chi connectivity index (χ0n) is 10.5. The molecule has 1 aromatic heterocycles. The molecular weight excluding hydrogens is 214 g/mol. The summed E-state index contributed by atoms with van der Waals surface area (Å²) in [7, 11) is 0. The highest BCUT2D eigenvalue weighted by Crippen LogP contribution is 2.22. The van der Waals surface area contributed by atoms with Crippen molar-refractivity contribution in [1.29, 1.82) is 0 Å². The van der Waals surface area contributed by atoms with Crippen molar-refractivity contribution in [3.05, 3.63) is 17.5 Å². The van der Waals surface area contributed by atoms with Crippen LogP contribution in [0.3, 0.4) is 0 Å². The predicted molar refractivity (Wildman–Crippen MR) is 66.4 cm³/mol. The van der Waals surface area contributed by atoms with Crippen molar-refractivity contribution >= 4 is 5.91 Å². The lowest BCUT2D eigenvalue weighted by Gasteiger charge is -2.13. The number of carbonyl (C=O) groups is 1. The quantitative estimate of drug-likeness (QED) is 0.790. The first-order chi connectivity index (χ1) is 8.27. The van der Waals surface area contributed by atoms with E-state index in [9.17, 15) is 4.79 Å². The number of hydrogen-bond acceptors (Lipinski definition) is 2. The van der Waals surface area contributed by atoms with Gasteiger partial charge in [0.15, 0.2) is 0 Å². The summed E-state index contributed by atoms with van der Waals surface area (Å²) in [5, 5.41) is 9.86. The van der Waals surface area contributed by atoms with E-state index in [1.165, 1.54) is 25.7 Å². The van der Waals surface area contributed by atoms with Crippen LogP contribution >= 0.6 is 0 Å². The number of H-pyrrole nitrogens is 1. The predicted octanol–water partition coefficient (Wildman–Crippen LogP) is 2.30. The Bertz CT molecular complexity index is 364. The molecule has 1 fully saturated rings. The van der Waals surface area contributed by atoms with Gasteiger partial charge >= 0.3 is 0 Å². The SMILES string of the molecule is Cc1[nH]ncc1CNC(=O)C1CCCCCC1. The topological polar surface area (TPSA) is 57.8 Å². The first-order valence-electron chi connectivity index (χ1n) is 6.54. The molecule has 0 saturated heterocycles. The van der Waals surface area contributed by atoms with Crippen LogP contribution in [0.1, 0.15) is 49.8 Å². The number of nitrogens with one attached hydrogen (secondary N) is 2. The summed E-state index contributed by atoms with van der Waals surface area (Å²) in [5.74, 6) is 0.442. The van der Waals surface area contributed by atoms with Gasteiger partial charge in [-0.25, -0.2) is 0 Å². The Labute approximate surface area is 102 Å². The van der Waals surface area contributed by atoms with Gasteiger partial charge in [-0.1, -0.05) is 25.7 Å². The number of aromatic nitrogens is 2. The highest BCUT2D eigenvalue weighted by Gasteiger charge is 2.19. The monoisotopic (exact) mass is 235 g/mol. The maximum absolute atomic E-state index is 12.0. The van der Waals surface area contributed by atoms with Crippen LogP contribution in [0.25, 0.3) is 0 Å². The third-order valence-corrected chi connectivity index (χ3v) is 3.61. The molecule has 94 valence electrons. The number of nitrogens with zero attached hydrogens (tertiary/aromatic N) is 1. The number of carbonyl (C=O) groups excluding carboxylic acids is 1. The molecule has 0 spiro atoms. The fourth-order valence-corrected chi connectivity index (χ4v) is 2.42. The first-order valence-corrected chi connectivity index (χ1v) is 6.54. The Morgan fingerprint density at radius 2 is 2.12 bits per heavy atom. The van der Waals surface area contributed by atoms with Crippen LogP contribution in [0.5, 0.6) is 0 Å². The van der Waals surface area contributed by atoms with Crippen LogP contribution in [0.15, 0.2) is 6.20 Å². The molecule has 1 saturated carbocycles. The molecule has 1 aliphatic rings. The van der Waals surface area contributed by atoms with Gasteiger partial charge in [-0.15, -0.1) is 0 Å². The van der Waals surface area contributed by atoms with Gasteiger partial charge in [0.1, 0.15) is 0 Å². The van der Waals surface area contributed by atoms with E-state index in [4.69, 9.17) is 0 Å². The number of aryl methyl sites for hydroxylation is 1. The summed E-state index contributed by atoms with van der Waals surface area (Å²) in [6, 6.07) is 0. The number of hydrogen-bond donors (Lipinski definition) is 2. The average molecular weight is 235 g/mol. The van der Waals surface area contributed by atoms with Crippen LogP contribution in [0, 0.1) is 12.8 Å². The maximum Gasteiger partial charge on any atom is 0.223 e. The molecule has 1 aromatic rings. The molecule has 17 heavy (non-hydrogen) atoms.